The summed E-state index contributed by atoms with van der Waals surface area (Å²) in [5.41, 5.74) is 3.61. The number of hydrogen-bond acceptors (Lipinski definition) is 7. The van der Waals surface area contributed by atoms with Crippen molar-refractivity contribution < 1.29 is 4.79 Å². The van der Waals surface area contributed by atoms with E-state index < -0.39 is 6.03 Å². The molecule has 0 unspecified atom stereocenters. The molecule has 158 valence electrons. The zero-order valence-corrected chi connectivity index (χ0v) is 18.9. The lowest BCUT2D eigenvalue weighted by molar-refractivity contribution is 0.262. The second-order valence-corrected chi connectivity index (χ2v) is 9.35. The largest absolute Gasteiger partial charge is 0.325 e. The van der Waals surface area contributed by atoms with Gasteiger partial charge in [-0.3, -0.25) is 14.5 Å². The van der Waals surface area contributed by atoms with Crippen molar-refractivity contribution in [2.24, 2.45) is 0 Å². The molecule has 4 rings (SSSR count). The highest BCUT2D eigenvalue weighted by Crippen LogP contribution is 2.28. The Bertz CT molecular complexity index is 1340. The summed E-state index contributed by atoms with van der Waals surface area (Å²) in [4.78, 5) is 29.0. The predicted octanol–water partition coefficient (Wildman–Crippen LogP) is 4.75. The normalized spacial score (nSPS) is 10.9. The highest BCUT2D eigenvalue weighted by atomic mass is 35.5. The van der Waals surface area contributed by atoms with Gasteiger partial charge in [0.2, 0.25) is 5.13 Å². The molecule has 0 saturated carbocycles. The molecular weight excluding hydrogens is 456 g/mol. The van der Waals surface area contributed by atoms with Crippen molar-refractivity contribution in [1.29, 1.82) is 0 Å². The lowest BCUT2D eigenvalue weighted by Gasteiger charge is -2.07. The first-order valence-electron chi connectivity index (χ1n) is 9.17. The minimum Gasteiger partial charge on any atom is -0.306 e. The van der Waals surface area contributed by atoms with E-state index in [1.165, 1.54) is 33.6 Å². The van der Waals surface area contributed by atoms with E-state index in [0.29, 0.717) is 37.3 Å². The van der Waals surface area contributed by atoms with Crippen LogP contribution in [-0.2, 0) is 5.75 Å². The molecule has 3 aromatic heterocycles. The number of thioether (sulfide) groups is 1. The number of halogens is 1. The molecule has 2 amide bonds. The van der Waals surface area contributed by atoms with Crippen LogP contribution in [0.5, 0.6) is 0 Å². The smallest absolute Gasteiger partial charge is 0.306 e. The van der Waals surface area contributed by atoms with Crippen LogP contribution in [0.25, 0.3) is 5.65 Å². The molecule has 0 radical (unpaired) electrons. The Morgan fingerprint density at radius 2 is 1.94 bits per heavy atom. The average Bonchev–Trinajstić information content (AvgIpc) is 3.16. The maximum atomic E-state index is 12.3. The number of rotatable bonds is 5. The molecule has 0 atom stereocenters. The van der Waals surface area contributed by atoms with Gasteiger partial charge in [-0.2, -0.15) is 0 Å². The average molecular weight is 473 g/mol. The number of anilines is 2. The van der Waals surface area contributed by atoms with Gasteiger partial charge in [0.1, 0.15) is 5.65 Å². The van der Waals surface area contributed by atoms with E-state index in [1.54, 1.807) is 18.3 Å². The number of nitrogens with zero attached hydrogens (tertiary/aromatic N) is 4. The first-order valence-corrected chi connectivity index (χ1v) is 11.3. The van der Waals surface area contributed by atoms with Crippen molar-refractivity contribution in [3.8, 4) is 0 Å². The number of urea groups is 1. The maximum absolute atomic E-state index is 12.3. The third-order valence-electron chi connectivity index (χ3n) is 4.20. The van der Waals surface area contributed by atoms with E-state index in [2.05, 4.69) is 25.8 Å². The summed E-state index contributed by atoms with van der Waals surface area (Å²) in [6, 6.07) is 10.1. The fourth-order valence-electron chi connectivity index (χ4n) is 2.76. The van der Waals surface area contributed by atoms with E-state index in [4.69, 9.17) is 11.6 Å². The monoisotopic (exact) mass is 472 g/mol. The van der Waals surface area contributed by atoms with Gasteiger partial charge in [-0.15, -0.1) is 10.2 Å². The summed E-state index contributed by atoms with van der Waals surface area (Å²) < 4.78 is 2.17. The summed E-state index contributed by atoms with van der Waals surface area (Å²) in [5.74, 6) is 0.458. The molecule has 3 heterocycles. The SMILES string of the molecule is Cc1ccc(NC(=O)Nc2nnc(SCc3cc(=O)n4cc(C)ccc4n3)s2)c(Cl)c1. The van der Waals surface area contributed by atoms with Crippen molar-refractivity contribution in [1.82, 2.24) is 19.6 Å². The summed E-state index contributed by atoms with van der Waals surface area (Å²) in [6.07, 6.45) is 1.76. The van der Waals surface area contributed by atoms with Gasteiger partial charge in [-0.1, -0.05) is 46.8 Å². The lowest BCUT2D eigenvalue weighted by Crippen LogP contribution is -2.19. The first-order chi connectivity index (χ1) is 14.9. The highest BCUT2D eigenvalue weighted by Gasteiger charge is 2.11. The maximum Gasteiger partial charge on any atom is 0.325 e. The van der Waals surface area contributed by atoms with Gasteiger partial charge in [0.15, 0.2) is 4.34 Å². The number of carbonyl (C=O) groups excluding carboxylic acids is 1. The molecule has 0 fully saturated rings. The van der Waals surface area contributed by atoms with Crippen LogP contribution < -0.4 is 16.2 Å². The number of pyridine rings is 1. The molecule has 0 bridgehead atoms. The van der Waals surface area contributed by atoms with E-state index in [1.807, 2.05) is 32.0 Å². The van der Waals surface area contributed by atoms with Gasteiger partial charge >= 0.3 is 6.03 Å². The van der Waals surface area contributed by atoms with Gasteiger partial charge in [0.05, 0.1) is 16.4 Å². The second kappa shape index (κ2) is 9.04. The molecule has 11 heteroatoms. The Labute approximate surface area is 190 Å². The fourth-order valence-corrected chi connectivity index (χ4v) is 4.68. The summed E-state index contributed by atoms with van der Waals surface area (Å²) >= 11 is 8.76. The van der Waals surface area contributed by atoms with E-state index >= 15 is 0 Å². The van der Waals surface area contributed by atoms with Gasteiger partial charge in [0.25, 0.3) is 5.56 Å². The number of fused-ring (bicyclic) bond motifs is 1. The van der Waals surface area contributed by atoms with Crippen LogP contribution in [0, 0.1) is 13.8 Å². The molecule has 0 aliphatic rings. The minimum absolute atomic E-state index is 0.129. The molecular formula is C20H17ClN6O2S2. The minimum atomic E-state index is -0.460. The number of benzene rings is 1. The van der Waals surface area contributed by atoms with Crippen LogP contribution in [0.3, 0.4) is 0 Å². The van der Waals surface area contributed by atoms with Crippen molar-refractivity contribution in [3.05, 3.63) is 74.8 Å². The fraction of sp³-hybridized carbons (Fsp3) is 0.150. The Hall–Kier alpha value is -2.95. The lowest BCUT2D eigenvalue weighted by atomic mass is 10.2. The third-order valence-corrected chi connectivity index (χ3v) is 6.52. The number of amides is 2. The predicted molar refractivity (Wildman–Crippen MR) is 124 cm³/mol. The molecule has 0 saturated heterocycles. The standard InChI is InChI=1S/C20H17ClN6O2S2/c1-11-3-5-15(14(21)7-11)23-18(29)24-19-25-26-20(31-19)30-10-13-8-17(28)27-9-12(2)4-6-16(27)22-13/h3-9H,10H2,1-2H3,(H2,23,24,25,29). The molecule has 4 aromatic rings. The Morgan fingerprint density at radius 1 is 1.13 bits per heavy atom. The zero-order chi connectivity index (χ0) is 22.0. The molecule has 1 aromatic carbocycles. The quantitative estimate of drug-likeness (QED) is 0.321. The molecule has 0 aliphatic carbocycles. The van der Waals surface area contributed by atoms with Crippen molar-refractivity contribution in [2.45, 2.75) is 23.9 Å². The van der Waals surface area contributed by atoms with Crippen molar-refractivity contribution in [3.63, 3.8) is 0 Å². The third kappa shape index (κ3) is 5.22. The van der Waals surface area contributed by atoms with E-state index in [0.717, 1.165) is 11.1 Å². The van der Waals surface area contributed by atoms with E-state index in [9.17, 15) is 9.59 Å². The number of nitrogens with one attached hydrogen (secondary N) is 2. The highest BCUT2D eigenvalue weighted by molar-refractivity contribution is 8.00. The van der Waals surface area contributed by atoms with Gasteiger partial charge < -0.3 is 5.32 Å². The topological polar surface area (TPSA) is 101 Å². The van der Waals surface area contributed by atoms with Gasteiger partial charge in [-0.25, -0.2) is 9.78 Å². The number of aryl methyl sites for hydroxylation is 2. The molecule has 2 N–H and O–H groups in total. The number of hydrogen-bond donors (Lipinski definition) is 2. The van der Waals surface area contributed by atoms with Gasteiger partial charge in [-0.05, 0) is 43.2 Å². The van der Waals surface area contributed by atoms with Crippen LogP contribution in [0.4, 0.5) is 15.6 Å². The van der Waals surface area contributed by atoms with Crippen LogP contribution >= 0.6 is 34.7 Å². The molecule has 8 nitrogen and oxygen atoms in total. The molecule has 31 heavy (non-hydrogen) atoms. The van der Waals surface area contributed by atoms with Crippen molar-refractivity contribution in [2.75, 3.05) is 10.6 Å². The Balaban J connectivity index is 1.38. The molecule has 0 spiro atoms. The van der Waals surface area contributed by atoms with Crippen LogP contribution in [0.1, 0.15) is 16.8 Å². The molecule has 0 aliphatic heterocycles. The number of carbonyl (C=O) groups is 1. The van der Waals surface area contributed by atoms with Crippen molar-refractivity contribution >= 4 is 57.2 Å². The van der Waals surface area contributed by atoms with Crippen LogP contribution in [-0.4, -0.2) is 25.6 Å². The summed E-state index contributed by atoms with van der Waals surface area (Å²) in [7, 11) is 0. The van der Waals surface area contributed by atoms with E-state index in [-0.39, 0.29) is 5.56 Å². The Morgan fingerprint density at radius 3 is 2.74 bits per heavy atom. The van der Waals surface area contributed by atoms with Crippen LogP contribution in [0.15, 0.2) is 51.7 Å². The second-order valence-electron chi connectivity index (χ2n) is 6.74. The van der Waals surface area contributed by atoms with Gasteiger partial charge in [0, 0.05) is 18.0 Å². The summed E-state index contributed by atoms with van der Waals surface area (Å²) in [5, 5.41) is 14.2. The first kappa shape index (κ1) is 21.3. The summed E-state index contributed by atoms with van der Waals surface area (Å²) in [6.45, 7) is 3.84. The zero-order valence-electron chi connectivity index (χ0n) is 16.5. The number of aromatic nitrogens is 4. The van der Waals surface area contributed by atoms with Crippen LogP contribution in [0.2, 0.25) is 5.02 Å². The Kier molecular flexibility index (Phi) is 6.21.